The Morgan fingerprint density at radius 1 is 1.31 bits per heavy atom. The van der Waals surface area contributed by atoms with E-state index >= 15 is 0 Å². The number of likely N-dealkylation sites (N-methyl/N-ethyl adjacent to an activating group) is 1. The minimum absolute atomic E-state index is 0.00508. The van der Waals surface area contributed by atoms with Gasteiger partial charge in [0.2, 0.25) is 5.91 Å². The molecule has 2 atom stereocenters. The van der Waals surface area contributed by atoms with Gasteiger partial charge in [0, 0.05) is 25.0 Å². The van der Waals surface area contributed by atoms with Crippen LogP contribution in [0.2, 0.25) is 0 Å². The van der Waals surface area contributed by atoms with Crippen LogP contribution in [0, 0.1) is 5.41 Å². The molecule has 6 heteroatoms. The molecule has 0 unspecified atom stereocenters. The summed E-state index contributed by atoms with van der Waals surface area (Å²) in [5.41, 5.74) is 0.911. The van der Waals surface area contributed by atoms with Crippen molar-refractivity contribution in [3.63, 3.8) is 0 Å². The number of amides is 2. The maximum absolute atomic E-state index is 13.2. The number of hydrogen-bond acceptors (Lipinski definition) is 4. The molecule has 0 bridgehead atoms. The summed E-state index contributed by atoms with van der Waals surface area (Å²) < 4.78 is 11.1. The predicted octanol–water partition coefficient (Wildman–Crippen LogP) is 1.86. The molecule has 0 spiro atoms. The van der Waals surface area contributed by atoms with Crippen molar-refractivity contribution in [1.82, 2.24) is 9.80 Å². The van der Waals surface area contributed by atoms with Crippen molar-refractivity contribution in [3.8, 4) is 0 Å². The summed E-state index contributed by atoms with van der Waals surface area (Å²) in [6.45, 7) is 7.92. The average molecular weight is 360 g/mol. The van der Waals surface area contributed by atoms with Crippen molar-refractivity contribution in [3.05, 3.63) is 35.9 Å². The number of rotatable bonds is 5. The first-order valence-corrected chi connectivity index (χ1v) is 9.13. The van der Waals surface area contributed by atoms with E-state index in [9.17, 15) is 9.59 Å². The second-order valence-electron chi connectivity index (χ2n) is 7.98. The first-order valence-electron chi connectivity index (χ1n) is 9.13. The number of nitrogens with zero attached hydrogens (tertiary/aromatic N) is 2. The van der Waals surface area contributed by atoms with E-state index in [1.165, 1.54) is 0 Å². The molecule has 0 radical (unpaired) electrons. The molecule has 2 heterocycles. The Morgan fingerprint density at radius 3 is 2.50 bits per heavy atom. The van der Waals surface area contributed by atoms with Crippen LogP contribution < -0.4 is 0 Å². The van der Waals surface area contributed by atoms with Gasteiger partial charge in [-0.05, 0) is 19.4 Å². The molecule has 1 aromatic carbocycles. The fraction of sp³-hybridized carbons (Fsp3) is 0.600. The Labute approximate surface area is 155 Å². The lowest BCUT2D eigenvalue weighted by Gasteiger charge is -2.45. The van der Waals surface area contributed by atoms with E-state index in [4.69, 9.17) is 9.47 Å². The Kier molecular flexibility index (Phi) is 5.34. The average Bonchev–Trinajstić information content (AvgIpc) is 2.59. The summed E-state index contributed by atoms with van der Waals surface area (Å²) in [7, 11) is 1.80. The molecule has 2 saturated heterocycles. The predicted molar refractivity (Wildman–Crippen MR) is 97.5 cm³/mol. The minimum Gasteiger partial charge on any atom is -0.380 e. The lowest BCUT2D eigenvalue weighted by atomic mass is 9.87. The van der Waals surface area contributed by atoms with Gasteiger partial charge in [-0.15, -0.1) is 0 Å². The monoisotopic (exact) mass is 360 g/mol. The van der Waals surface area contributed by atoms with Crippen LogP contribution in [0.3, 0.4) is 0 Å². The molecule has 0 aliphatic carbocycles. The van der Waals surface area contributed by atoms with Gasteiger partial charge in [-0.2, -0.15) is 0 Å². The van der Waals surface area contributed by atoms with Gasteiger partial charge in [0.1, 0.15) is 6.61 Å². The highest BCUT2D eigenvalue weighted by atomic mass is 16.5. The van der Waals surface area contributed by atoms with Gasteiger partial charge in [-0.25, -0.2) is 0 Å². The number of ether oxygens (including phenoxy) is 2. The highest BCUT2D eigenvalue weighted by molar-refractivity contribution is 5.86. The minimum atomic E-state index is -0.702. The number of benzene rings is 1. The second kappa shape index (κ2) is 7.37. The van der Waals surface area contributed by atoms with Gasteiger partial charge < -0.3 is 19.3 Å². The van der Waals surface area contributed by atoms with E-state index in [1.54, 1.807) is 16.8 Å². The fourth-order valence-corrected chi connectivity index (χ4v) is 3.84. The van der Waals surface area contributed by atoms with Gasteiger partial charge >= 0.3 is 0 Å². The zero-order valence-corrected chi connectivity index (χ0v) is 16.0. The largest absolute Gasteiger partial charge is 0.380 e. The van der Waals surface area contributed by atoms with Gasteiger partial charge in [0.05, 0.1) is 19.3 Å². The highest BCUT2D eigenvalue weighted by Crippen LogP contribution is 2.34. The Hall–Kier alpha value is -1.92. The molecule has 1 aromatic rings. The number of hydrogen-bond donors (Lipinski definition) is 0. The van der Waals surface area contributed by atoms with Crippen LogP contribution in [0.5, 0.6) is 0 Å². The zero-order valence-electron chi connectivity index (χ0n) is 16.0. The van der Waals surface area contributed by atoms with E-state index in [2.05, 4.69) is 6.92 Å². The first-order chi connectivity index (χ1) is 12.3. The summed E-state index contributed by atoms with van der Waals surface area (Å²) in [5.74, 6) is -0.176. The van der Waals surface area contributed by atoms with Crippen molar-refractivity contribution >= 4 is 11.8 Å². The first kappa shape index (κ1) is 18.9. The van der Waals surface area contributed by atoms with E-state index in [0.717, 1.165) is 5.56 Å². The fourth-order valence-electron chi connectivity index (χ4n) is 3.84. The SMILES string of the molecule is CC(C)N1C(=O)CO[C@H](C(=O)N(C)CC2(C)COC2)[C@H]1c1ccccc1. The molecule has 3 rings (SSSR count). The van der Waals surface area contributed by atoms with Crippen molar-refractivity contribution in [2.45, 2.75) is 39.0 Å². The van der Waals surface area contributed by atoms with E-state index in [0.29, 0.717) is 19.8 Å². The summed E-state index contributed by atoms with van der Waals surface area (Å²) in [6.07, 6.45) is -0.702. The summed E-state index contributed by atoms with van der Waals surface area (Å²) in [4.78, 5) is 29.2. The van der Waals surface area contributed by atoms with Crippen LogP contribution in [0.15, 0.2) is 30.3 Å². The Bertz CT molecular complexity index is 657. The van der Waals surface area contributed by atoms with Crippen LogP contribution in [-0.4, -0.2) is 67.2 Å². The molecule has 2 amide bonds. The third-order valence-electron chi connectivity index (χ3n) is 5.10. The number of morpholine rings is 1. The van der Waals surface area contributed by atoms with Gasteiger partial charge in [-0.3, -0.25) is 9.59 Å². The molecule has 2 aliphatic rings. The van der Waals surface area contributed by atoms with Gasteiger partial charge in [0.15, 0.2) is 6.10 Å². The van der Waals surface area contributed by atoms with Crippen molar-refractivity contribution < 1.29 is 19.1 Å². The Balaban J connectivity index is 1.87. The summed E-state index contributed by atoms with van der Waals surface area (Å²) in [5, 5.41) is 0. The normalized spacial score (nSPS) is 25.1. The molecule has 26 heavy (non-hydrogen) atoms. The molecule has 6 nitrogen and oxygen atoms in total. The third kappa shape index (κ3) is 3.62. The standard InChI is InChI=1S/C20H28N2O4/c1-14(2)22-16(23)10-26-18(17(22)15-8-6-5-7-9-15)19(24)21(4)11-20(3)12-25-13-20/h5-9,14,17-18H,10-13H2,1-4H3/t17-,18+/m1/s1. The second-order valence-corrected chi connectivity index (χ2v) is 7.98. The number of carbonyl (C=O) groups excluding carboxylic acids is 2. The molecule has 2 aliphatic heterocycles. The van der Waals surface area contributed by atoms with Crippen LogP contribution in [-0.2, 0) is 19.1 Å². The Morgan fingerprint density at radius 2 is 1.96 bits per heavy atom. The lowest BCUT2D eigenvalue weighted by Crippen LogP contribution is -2.58. The molecular formula is C20H28N2O4. The lowest BCUT2D eigenvalue weighted by molar-refractivity contribution is -0.174. The maximum atomic E-state index is 13.2. The van der Waals surface area contributed by atoms with E-state index in [-0.39, 0.29) is 29.9 Å². The molecule has 0 saturated carbocycles. The molecule has 0 aromatic heterocycles. The maximum Gasteiger partial charge on any atom is 0.254 e. The molecular weight excluding hydrogens is 332 g/mol. The van der Waals surface area contributed by atoms with E-state index < -0.39 is 12.1 Å². The molecule has 142 valence electrons. The van der Waals surface area contributed by atoms with E-state index in [1.807, 2.05) is 44.2 Å². The zero-order chi connectivity index (χ0) is 18.9. The van der Waals surface area contributed by atoms with Crippen molar-refractivity contribution in [2.24, 2.45) is 5.41 Å². The number of carbonyl (C=O) groups is 2. The summed E-state index contributed by atoms with van der Waals surface area (Å²) >= 11 is 0. The molecule has 0 N–H and O–H groups in total. The summed E-state index contributed by atoms with van der Waals surface area (Å²) in [6, 6.07) is 9.23. The third-order valence-corrected chi connectivity index (χ3v) is 5.10. The van der Waals surface area contributed by atoms with Crippen molar-refractivity contribution in [1.29, 1.82) is 0 Å². The topological polar surface area (TPSA) is 59.1 Å². The van der Waals surface area contributed by atoms with Crippen LogP contribution in [0.25, 0.3) is 0 Å². The highest BCUT2D eigenvalue weighted by Gasteiger charge is 2.45. The quantitative estimate of drug-likeness (QED) is 0.804. The van der Waals surface area contributed by atoms with Gasteiger partial charge in [0.25, 0.3) is 5.91 Å². The van der Waals surface area contributed by atoms with Crippen LogP contribution in [0.4, 0.5) is 0 Å². The molecule has 2 fully saturated rings. The van der Waals surface area contributed by atoms with Crippen LogP contribution in [0.1, 0.15) is 32.4 Å². The smallest absolute Gasteiger partial charge is 0.254 e. The van der Waals surface area contributed by atoms with Gasteiger partial charge in [-0.1, -0.05) is 37.3 Å². The van der Waals surface area contributed by atoms with Crippen LogP contribution >= 0.6 is 0 Å². The van der Waals surface area contributed by atoms with Crippen molar-refractivity contribution in [2.75, 3.05) is 33.4 Å².